The highest BCUT2D eigenvalue weighted by atomic mass is 19.4. The van der Waals surface area contributed by atoms with Gasteiger partial charge in [-0.3, -0.25) is 15.1 Å². The van der Waals surface area contributed by atoms with Gasteiger partial charge in [0.15, 0.2) is 0 Å². The van der Waals surface area contributed by atoms with Crippen molar-refractivity contribution in [3.63, 3.8) is 0 Å². The molecule has 0 atom stereocenters. The van der Waals surface area contributed by atoms with Gasteiger partial charge in [-0.1, -0.05) is 62.2 Å². The van der Waals surface area contributed by atoms with Gasteiger partial charge >= 0.3 is 12.1 Å². The highest BCUT2D eigenvalue weighted by Crippen LogP contribution is 2.41. The Morgan fingerprint density at radius 2 is 1.74 bits per heavy atom. The summed E-state index contributed by atoms with van der Waals surface area (Å²) in [6.45, 7) is 4.99. The van der Waals surface area contributed by atoms with Gasteiger partial charge < -0.3 is 10.4 Å². The summed E-state index contributed by atoms with van der Waals surface area (Å²) in [6, 6.07) is 12.0. The number of carbonyl (C=O) groups is 1. The Labute approximate surface area is 198 Å². The van der Waals surface area contributed by atoms with Gasteiger partial charge in [-0.15, -0.1) is 0 Å². The number of hydrogen-bond donors (Lipinski definition) is 3. The van der Waals surface area contributed by atoms with E-state index in [1.54, 1.807) is 12.1 Å². The molecule has 1 fully saturated rings. The number of nitrogens with one attached hydrogen (secondary N) is 2. The van der Waals surface area contributed by atoms with Crippen molar-refractivity contribution in [3.05, 3.63) is 76.9 Å². The Morgan fingerprint density at radius 3 is 2.38 bits per heavy atom. The molecule has 0 heterocycles. The van der Waals surface area contributed by atoms with Gasteiger partial charge in [0.05, 0.1) is 24.3 Å². The van der Waals surface area contributed by atoms with Gasteiger partial charge in [0, 0.05) is 13.1 Å². The zero-order chi connectivity index (χ0) is 24.6. The second-order valence-corrected chi connectivity index (χ2v) is 8.64. The Hall–Kier alpha value is -2.84. The van der Waals surface area contributed by atoms with Crippen LogP contribution in [0, 0.1) is 0 Å². The second kappa shape index (κ2) is 12.0. The molecule has 0 unspecified atom stereocenters. The molecule has 1 aliphatic rings. The minimum atomic E-state index is -4.42. The van der Waals surface area contributed by atoms with Crippen LogP contribution in [-0.2, 0) is 29.0 Å². The van der Waals surface area contributed by atoms with Crippen LogP contribution in [-0.4, -0.2) is 17.6 Å². The van der Waals surface area contributed by atoms with Gasteiger partial charge in [0.25, 0.3) is 0 Å². The van der Waals surface area contributed by atoms with Crippen LogP contribution in [0.5, 0.6) is 0 Å². The van der Waals surface area contributed by atoms with E-state index < -0.39 is 17.7 Å². The molecule has 2 aromatic carbocycles. The Kier molecular flexibility index (Phi) is 9.12. The topological polar surface area (TPSA) is 70.6 Å². The number of halogens is 3. The monoisotopic (exact) mass is 476 g/mol. The third kappa shape index (κ3) is 7.60. The molecular formula is C26H31F3N2O3. The van der Waals surface area contributed by atoms with E-state index in [0.29, 0.717) is 24.2 Å². The summed E-state index contributed by atoms with van der Waals surface area (Å²) in [4.78, 5) is 16.0. The molecule has 34 heavy (non-hydrogen) atoms. The van der Waals surface area contributed by atoms with E-state index >= 15 is 0 Å². The zero-order valence-corrected chi connectivity index (χ0v) is 19.1. The normalized spacial score (nSPS) is 14.7. The van der Waals surface area contributed by atoms with Crippen LogP contribution in [0.25, 0.3) is 5.70 Å². The number of carboxylic acid groups (broad SMARTS) is 1. The molecule has 1 saturated carbocycles. The first-order valence-electron chi connectivity index (χ1n) is 11.5. The van der Waals surface area contributed by atoms with Crippen molar-refractivity contribution >= 4 is 11.7 Å². The van der Waals surface area contributed by atoms with Crippen molar-refractivity contribution in [2.75, 3.05) is 6.54 Å². The molecule has 2 aromatic rings. The molecule has 0 amide bonds. The van der Waals surface area contributed by atoms with E-state index in [9.17, 15) is 18.0 Å². The molecular weight excluding hydrogens is 445 g/mol. The first-order chi connectivity index (χ1) is 16.2. The SMILES string of the molecule is C=C(NOCc1ccc(CNCCC(=O)O)cc1)c1ccc(C2CCCCC2)c(C(F)(F)F)c1. The smallest absolute Gasteiger partial charge is 0.416 e. The molecule has 0 spiro atoms. The van der Waals surface area contributed by atoms with Crippen LogP contribution in [0.15, 0.2) is 49.0 Å². The standard InChI is InChI=1S/C26H31F3N2O3/c1-18(31-34-17-20-9-7-19(8-10-20)16-30-14-13-25(32)33)22-11-12-23(21-5-3-2-4-6-21)24(15-22)26(27,28)29/h7-12,15,21,30-31H,1-6,13-14,16-17H2,(H,32,33). The molecule has 1 aliphatic carbocycles. The number of aliphatic carboxylic acids is 1. The molecule has 3 N–H and O–H groups in total. The Balaban J connectivity index is 1.54. The zero-order valence-electron chi connectivity index (χ0n) is 19.1. The quantitative estimate of drug-likeness (QED) is 0.274. The predicted molar refractivity (Wildman–Crippen MR) is 125 cm³/mol. The molecule has 0 saturated heterocycles. The van der Waals surface area contributed by atoms with Gasteiger partial charge in [0.1, 0.15) is 0 Å². The maximum absolute atomic E-state index is 13.8. The third-order valence-electron chi connectivity index (χ3n) is 6.05. The van der Waals surface area contributed by atoms with E-state index in [4.69, 9.17) is 9.94 Å². The predicted octanol–water partition coefficient (Wildman–Crippen LogP) is 6.01. The van der Waals surface area contributed by atoms with Crippen molar-refractivity contribution in [1.82, 2.24) is 10.8 Å². The summed E-state index contributed by atoms with van der Waals surface area (Å²) >= 11 is 0. The number of alkyl halides is 3. The summed E-state index contributed by atoms with van der Waals surface area (Å²) in [5, 5.41) is 11.7. The highest BCUT2D eigenvalue weighted by molar-refractivity contribution is 5.66. The number of benzene rings is 2. The van der Waals surface area contributed by atoms with Gasteiger partial charge in [-0.2, -0.15) is 13.2 Å². The first-order valence-corrected chi connectivity index (χ1v) is 11.5. The molecule has 0 radical (unpaired) electrons. The highest BCUT2D eigenvalue weighted by Gasteiger charge is 2.36. The summed E-state index contributed by atoms with van der Waals surface area (Å²) in [5.74, 6) is -0.892. The van der Waals surface area contributed by atoms with E-state index in [2.05, 4.69) is 17.4 Å². The second-order valence-electron chi connectivity index (χ2n) is 8.64. The maximum Gasteiger partial charge on any atom is 0.416 e. The average Bonchev–Trinajstić information content (AvgIpc) is 2.82. The van der Waals surface area contributed by atoms with Gasteiger partial charge in [0.2, 0.25) is 0 Å². The summed E-state index contributed by atoms with van der Waals surface area (Å²) in [5.41, 5.74) is 4.93. The molecule has 3 rings (SSSR count). The van der Waals surface area contributed by atoms with Crippen molar-refractivity contribution in [3.8, 4) is 0 Å². The fourth-order valence-corrected chi connectivity index (χ4v) is 4.21. The van der Waals surface area contributed by atoms with Crippen LogP contribution in [0.3, 0.4) is 0 Å². The Bertz CT molecular complexity index is 968. The molecule has 184 valence electrons. The fraction of sp³-hybridized carbons (Fsp3) is 0.423. The van der Waals surface area contributed by atoms with Gasteiger partial charge in [-0.25, -0.2) is 0 Å². The van der Waals surface area contributed by atoms with Crippen molar-refractivity contribution in [1.29, 1.82) is 0 Å². The number of hydroxylamine groups is 1. The van der Waals surface area contributed by atoms with E-state index in [1.807, 2.05) is 24.3 Å². The number of rotatable bonds is 11. The van der Waals surface area contributed by atoms with E-state index in [1.165, 1.54) is 0 Å². The largest absolute Gasteiger partial charge is 0.481 e. The lowest BCUT2D eigenvalue weighted by molar-refractivity contribution is -0.138. The molecule has 0 bridgehead atoms. The molecule has 0 aromatic heterocycles. The summed E-state index contributed by atoms with van der Waals surface area (Å²) < 4.78 is 41.3. The van der Waals surface area contributed by atoms with Crippen LogP contribution in [0.2, 0.25) is 0 Å². The molecule has 8 heteroatoms. The fourth-order valence-electron chi connectivity index (χ4n) is 4.21. The first kappa shape index (κ1) is 25.8. The van der Waals surface area contributed by atoms with Gasteiger partial charge in [-0.05, 0) is 47.1 Å². The molecule has 0 aliphatic heterocycles. The minimum absolute atomic E-state index is 0.0489. The summed E-state index contributed by atoms with van der Waals surface area (Å²) in [7, 11) is 0. The Morgan fingerprint density at radius 1 is 1.06 bits per heavy atom. The van der Waals surface area contributed by atoms with E-state index in [0.717, 1.165) is 49.3 Å². The van der Waals surface area contributed by atoms with Crippen LogP contribution in [0.4, 0.5) is 13.2 Å². The van der Waals surface area contributed by atoms with Crippen LogP contribution in [0.1, 0.15) is 72.3 Å². The van der Waals surface area contributed by atoms with E-state index in [-0.39, 0.29) is 24.6 Å². The lowest BCUT2D eigenvalue weighted by Crippen LogP contribution is -2.17. The third-order valence-corrected chi connectivity index (χ3v) is 6.05. The van der Waals surface area contributed by atoms with Crippen molar-refractivity contribution in [2.24, 2.45) is 0 Å². The van der Waals surface area contributed by atoms with Crippen LogP contribution < -0.4 is 10.8 Å². The molecule has 5 nitrogen and oxygen atoms in total. The summed E-state index contributed by atoms with van der Waals surface area (Å²) in [6.07, 6.45) is 0.246. The van der Waals surface area contributed by atoms with Crippen molar-refractivity contribution in [2.45, 2.75) is 63.8 Å². The van der Waals surface area contributed by atoms with Crippen LogP contribution >= 0.6 is 0 Å². The number of carboxylic acids is 1. The lowest BCUT2D eigenvalue weighted by Gasteiger charge is -2.26. The average molecular weight is 477 g/mol. The van der Waals surface area contributed by atoms with Crippen molar-refractivity contribution < 1.29 is 27.9 Å². The maximum atomic E-state index is 13.8. The number of hydrogen-bond acceptors (Lipinski definition) is 4. The lowest BCUT2D eigenvalue weighted by atomic mass is 9.81. The minimum Gasteiger partial charge on any atom is -0.481 e.